The maximum Gasteiger partial charge on any atom is 0.117 e. The van der Waals surface area contributed by atoms with E-state index in [1.54, 1.807) is 11.3 Å². The average molecular weight is 251 g/mol. The zero-order valence-corrected chi connectivity index (χ0v) is 10.9. The van der Waals surface area contributed by atoms with Gasteiger partial charge in [0.2, 0.25) is 0 Å². The Kier molecular flexibility index (Phi) is 3.91. The molecule has 2 aromatic rings. The van der Waals surface area contributed by atoms with Crippen molar-refractivity contribution >= 4 is 11.3 Å². The highest BCUT2D eigenvalue weighted by Crippen LogP contribution is 2.27. The number of thiophene rings is 1. The number of hydrogen-bond donors (Lipinski definition) is 1. The summed E-state index contributed by atoms with van der Waals surface area (Å²) in [6.07, 6.45) is 1.06. The van der Waals surface area contributed by atoms with Gasteiger partial charge in [-0.15, -0.1) is 16.4 Å². The number of aromatic nitrogens is 3. The number of rotatable bonds is 5. The van der Waals surface area contributed by atoms with Gasteiger partial charge in [0, 0.05) is 6.54 Å². The second kappa shape index (κ2) is 5.42. The third-order valence-corrected chi connectivity index (χ3v) is 3.50. The van der Waals surface area contributed by atoms with Crippen molar-refractivity contribution in [1.82, 2.24) is 15.0 Å². The molecule has 0 aliphatic heterocycles. The monoisotopic (exact) mass is 251 g/mol. The van der Waals surface area contributed by atoms with Gasteiger partial charge in [-0.25, -0.2) is 4.68 Å². The Bertz CT molecular complexity index is 462. The molecule has 2 rings (SSSR count). The molecule has 1 N–H and O–H groups in total. The van der Waals surface area contributed by atoms with Gasteiger partial charge < -0.3 is 5.11 Å². The Hall–Kier alpha value is -1.20. The minimum Gasteiger partial charge on any atom is -0.390 e. The second-order valence-electron chi connectivity index (χ2n) is 4.43. The van der Waals surface area contributed by atoms with Gasteiger partial charge in [0.15, 0.2) is 0 Å². The van der Waals surface area contributed by atoms with Crippen molar-refractivity contribution in [3.05, 3.63) is 23.2 Å². The van der Waals surface area contributed by atoms with E-state index >= 15 is 0 Å². The van der Waals surface area contributed by atoms with Gasteiger partial charge in [-0.3, -0.25) is 0 Å². The molecular formula is C12H17N3OS. The van der Waals surface area contributed by atoms with E-state index in [4.69, 9.17) is 0 Å². The lowest BCUT2D eigenvalue weighted by molar-refractivity contribution is 0.277. The summed E-state index contributed by atoms with van der Waals surface area (Å²) in [5, 5.41) is 19.5. The van der Waals surface area contributed by atoms with E-state index in [2.05, 4.69) is 24.2 Å². The van der Waals surface area contributed by atoms with Crippen molar-refractivity contribution < 1.29 is 5.11 Å². The number of aryl methyl sites for hydroxylation is 1. The Labute approximate surface area is 105 Å². The molecule has 2 heterocycles. The Morgan fingerprint density at radius 1 is 1.47 bits per heavy atom. The van der Waals surface area contributed by atoms with E-state index in [0.29, 0.717) is 11.6 Å². The Balaban J connectivity index is 2.30. The van der Waals surface area contributed by atoms with E-state index in [9.17, 15) is 5.11 Å². The summed E-state index contributed by atoms with van der Waals surface area (Å²) in [6, 6.07) is 4.04. The van der Waals surface area contributed by atoms with E-state index in [-0.39, 0.29) is 6.61 Å². The molecule has 0 unspecified atom stereocenters. The van der Waals surface area contributed by atoms with Crippen molar-refractivity contribution in [2.24, 2.45) is 5.92 Å². The Morgan fingerprint density at radius 2 is 2.29 bits per heavy atom. The average Bonchev–Trinajstić information content (AvgIpc) is 2.94. The second-order valence-corrected chi connectivity index (χ2v) is 5.37. The fourth-order valence-electron chi connectivity index (χ4n) is 1.68. The van der Waals surface area contributed by atoms with Crippen molar-refractivity contribution in [3.63, 3.8) is 0 Å². The molecule has 0 spiro atoms. The third kappa shape index (κ3) is 2.73. The van der Waals surface area contributed by atoms with Crippen LogP contribution in [0.4, 0.5) is 0 Å². The molecule has 0 bridgehead atoms. The van der Waals surface area contributed by atoms with Crippen molar-refractivity contribution in [1.29, 1.82) is 0 Å². The van der Waals surface area contributed by atoms with E-state index in [1.165, 1.54) is 0 Å². The molecule has 0 aliphatic rings. The first-order chi connectivity index (χ1) is 8.22. The minimum absolute atomic E-state index is 0.0606. The molecule has 17 heavy (non-hydrogen) atoms. The van der Waals surface area contributed by atoms with Crippen LogP contribution in [0.1, 0.15) is 26.0 Å². The van der Waals surface area contributed by atoms with Crippen LogP contribution in [0.2, 0.25) is 0 Å². The first kappa shape index (κ1) is 12.3. The van der Waals surface area contributed by atoms with Crippen LogP contribution in [0, 0.1) is 5.92 Å². The van der Waals surface area contributed by atoms with Crippen LogP contribution >= 0.6 is 11.3 Å². The molecule has 0 aromatic carbocycles. The summed E-state index contributed by atoms with van der Waals surface area (Å²) < 4.78 is 1.90. The quantitative estimate of drug-likeness (QED) is 0.888. The topological polar surface area (TPSA) is 50.9 Å². The Morgan fingerprint density at radius 3 is 2.88 bits per heavy atom. The number of hydrogen-bond acceptors (Lipinski definition) is 4. The molecule has 0 aliphatic carbocycles. The predicted molar refractivity (Wildman–Crippen MR) is 68.7 cm³/mol. The molecule has 0 fully saturated rings. The van der Waals surface area contributed by atoms with E-state index in [0.717, 1.165) is 23.5 Å². The van der Waals surface area contributed by atoms with Crippen LogP contribution in [0.3, 0.4) is 0 Å². The maximum atomic E-state index is 9.30. The van der Waals surface area contributed by atoms with E-state index < -0.39 is 0 Å². The highest BCUT2D eigenvalue weighted by Gasteiger charge is 2.15. The normalized spacial score (nSPS) is 11.3. The fraction of sp³-hybridized carbons (Fsp3) is 0.500. The standard InChI is InChI=1S/C12H17N3OS/c1-9(2)5-6-15-12(10(8-16)13-14-15)11-4-3-7-17-11/h3-4,7,9,16H,5-6,8H2,1-2H3. The van der Waals surface area contributed by atoms with Crippen LogP contribution in [0.25, 0.3) is 10.6 Å². The zero-order chi connectivity index (χ0) is 12.3. The van der Waals surface area contributed by atoms with Gasteiger partial charge >= 0.3 is 0 Å². The van der Waals surface area contributed by atoms with Crippen LogP contribution in [0.5, 0.6) is 0 Å². The molecule has 0 radical (unpaired) electrons. The molecule has 0 saturated carbocycles. The number of nitrogens with zero attached hydrogens (tertiary/aromatic N) is 3. The van der Waals surface area contributed by atoms with Crippen LogP contribution in [-0.4, -0.2) is 20.1 Å². The van der Waals surface area contributed by atoms with Crippen molar-refractivity contribution in [2.45, 2.75) is 33.4 Å². The summed E-state index contributed by atoms with van der Waals surface area (Å²) in [6.45, 7) is 5.16. The SMILES string of the molecule is CC(C)CCn1nnc(CO)c1-c1cccs1. The number of aliphatic hydroxyl groups excluding tert-OH is 1. The molecule has 5 heteroatoms. The van der Waals surface area contributed by atoms with E-state index in [1.807, 2.05) is 22.2 Å². The highest BCUT2D eigenvalue weighted by molar-refractivity contribution is 7.13. The fourth-order valence-corrected chi connectivity index (χ4v) is 2.47. The molecule has 0 saturated heterocycles. The summed E-state index contributed by atoms with van der Waals surface area (Å²) in [5.74, 6) is 0.632. The third-order valence-electron chi connectivity index (χ3n) is 2.63. The molecule has 0 atom stereocenters. The van der Waals surface area contributed by atoms with Gasteiger partial charge in [0.25, 0.3) is 0 Å². The lowest BCUT2D eigenvalue weighted by atomic mass is 10.1. The van der Waals surface area contributed by atoms with Gasteiger partial charge in [-0.1, -0.05) is 25.1 Å². The van der Waals surface area contributed by atoms with Crippen LogP contribution in [-0.2, 0) is 13.2 Å². The molecule has 92 valence electrons. The van der Waals surface area contributed by atoms with Crippen LogP contribution in [0.15, 0.2) is 17.5 Å². The lowest BCUT2D eigenvalue weighted by Crippen LogP contribution is -2.05. The number of aliphatic hydroxyl groups is 1. The zero-order valence-electron chi connectivity index (χ0n) is 10.1. The molecule has 2 aromatic heterocycles. The van der Waals surface area contributed by atoms with Crippen LogP contribution < -0.4 is 0 Å². The highest BCUT2D eigenvalue weighted by atomic mass is 32.1. The van der Waals surface area contributed by atoms with Gasteiger partial charge in [-0.05, 0) is 23.8 Å². The maximum absolute atomic E-state index is 9.30. The molecule has 0 amide bonds. The lowest BCUT2D eigenvalue weighted by Gasteiger charge is -2.07. The first-order valence-corrected chi connectivity index (χ1v) is 6.67. The summed E-state index contributed by atoms with van der Waals surface area (Å²) in [4.78, 5) is 1.11. The summed E-state index contributed by atoms with van der Waals surface area (Å²) in [7, 11) is 0. The smallest absolute Gasteiger partial charge is 0.117 e. The first-order valence-electron chi connectivity index (χ1n) is 5.79. The van der Waals surface area contributed by atoms with Crippen molar-refractivity contribution in [2.75, 3.05) is 0 Å². The van der Waals surface area contributed by atoms with Crippen molar-refractivity contribution in [3.8, 4) is 10.6 Å². The molecule has 4 nitrogen and oxygen atoms in total. The molecular weight excluding hydrogens is 234 g/mol. The predicted octanol–water partition coefficient (Wildman–Crippen LogP) is 2.55. The van der Waals surface area contributed by atoms with Gasteiger partial charge in [0.05, 0.1) is 11.5 Å². The van der Waals surface area contributed by atoms with Gasteiger partial charge in [0.1, 0.15) is 11.4 Å². The minimum atomic E-state index is -0.0606. The summed E-state index contributed by atoms with van der Waals surface area (Å²) >= 11 is 1.65. The largest absolute Gasteiger partial charge is 0.390 e. The van der Waals surface area contributed by atoms with Gasteiger partial charge in [-0.2, -0.15) is 0 Å². The summed E-state index contributed by atoms with van der Waals surface area (Å²) in [5.41, 5.74) is 1.62.